The maximum atomic E-state index is 12.7. The van der Waals surface area contributed by atoms with Crippen LogP contribution in [0.15, 0.2) is 64.9 Å². The predicted molar refractivity (Wildman–Crippen MR) is 117 cm³/mol. The topological polar surface area (TPSA) is 66.5 Å². The van der Waals surface area contributed by atoms with Crippen LogP contribution in [0.1, 0.15) is 23.2 Å². The number of halogens is 1. The minimum atomic E-state index is -3.41. The Kier molecular flexibility index (Phi) is 5.74. The average molecular weight is 447 g/mol. The Morgan fingerprint density at radius 3 is 2.24 bits per heavy atom. The maximum Gasteiger partial charge on any atom is 0.255 e. The first-order chi connectivity index (χ1) is 13.9. The molecule has 2 aromatic carbocycles. The van der Waals surface area contributed by atoms with Crippen molar-refractivity contribution in [2.75, 3.05) is 18.4 Å². The predicted octanol–water partition coefficient (Wildman–Crippen LogP) is 5.11. The fourth-order valence-electron chi connectivity index (χ4n) is 3.19. The van der Waals surface area contributed by atoms with Gasteiger partial charge in [0.05, 0.1) is 0 Å². The lowest BCUT2D eigenvalue weighted by Gasteiger charge is -2.13. The molecule has 1 saturated heterocycles. The molecule has 1 aromatic heterocycles. The molecular formula is C21H19ClN2O3S2. The number of nitrogens with zero attached hydrogens (tertiary/aromatic N) is 1. The average Bonchev–Trinajstić information content (AvgIpc) is 3.43. The molecule has 0 spiro atoms. The van der Waals surface area contributed by atoms with Crippen molar-refractivity contribution in [3.05, 3.63) is 71.2 Å². The summed E-state index contributed by atoms with van der Waals surface area (Å²) in [5, 5.41) is 3.43. The van der Waals surface area contributed by atoms with Crippen molar-refractivity contribution in [1.29, 1.82) is 0 Å². The summed E-state index contributed by atoms with van der Waals surface area (Å²) < 4.78 is 27.3. The number of amides is 1. The van der Waals surface area contributed by atoms with Gasteiger partial charge in [0.1, 0.15) is 4.21 Å². The maximum absolute atomic E-state index is 12.7. The Labute approximate surface area is 179 Å². The Balaban J connectivity index is 1.49. The molecule has 0 atom stereocenters. The van der Waals surface area contributed by atoms with Gasteiger partial charge in [0.15, 0.2) is 0 Å². The number of hydrogen-bond donors (Lipinski definition) is 1. The van der Waals surface area contributed by atoms with E-state index in [1.165, 1.54) is 11.3 Å². The highest BCUT2D eigenvalue weighted by Gasteiger charge is 2.28. The number of anilines is 1. The second-order valence-electron chi connectivity index (χ2n) is 6.77. The van der Waals surface area contributed by atoms with Crippen molar-refractivity contribution in [1.82, 2.24) is 4.31 Å². The highest BCUT2D eigenvalue weighted by Crippen LogP contribution is 2.33. The number of carbonyl (C=O) groups excluding carboxylic acids is 1. The third kappa shape index (κ3) is 4.38. The largest absolute Gasteiger partial charge is 0.322 e. The summed E-state index contributed by atoms with van der Waals surface area (Å²) in [6.45, 7) is 1.18. The van der Waals surface area contributed by atoms with Crippen molar-refractivity contribution in [2.24, 2.45) is 0 Å². The smallest absolute Gasteiger partial charge is 0.255 e. The van der Waals surface area contributed by atoms with E-state index in [1.807, 2.05) is 18.2 Å². The summed E-state index contributed by atoms with van der Waals surface area (Å²) in [6.07, 6.45) is 1.83. The third-order valence-corrected chi connectivity index (χ3v) is 8.53. The van der Waals surface area contributed by atoms with Crippen LogP contribution in [-0.2, 0) is 10.0 Å². The molecule has 150 valence electrons. The molecule has 0 aliphatic carbocycles. The minimum absolute atomic E-state index is 0.220. The lowest BCUT2D eigenvalue weighted by atomic mass is 10.1. The molecule has 5 nitrogen and oxygen atoms in total. The summed E-state index contributed by atoms with van der Waals surface area (Å²) >= 11 is 7.11. The number of hydrogen-bond acceptors (Lipinski definition) is 4. The van der Waals surface area contributed by atoms with E-state index in [1.54, 1.807) is 46.8 Å². The van der Waals surface area contributed by atoms with Gasteiger partial charge in [-0.05, 0) is 66.9 Å². The van der Waals surface area contributed by atoms with Crippen LogP contribution >= 0.6 is 22.9 Å². The third-order valence-electron chi connectivity index (χ3n) is 4.77. The summed E-state index contributed by atoms with van der Waals surface area (Å²) in [5.41, 5.74) is 2.06. The van der Waals surface area contributed by atoms with Crippen LogP contribution in [0.4, 0.5) is 5.69 Å². The number of sulfonamides is 1. The van der Waals surface area contributed by atoms with Gasteiger partial charge in [-0.1, -0.05) is 23.7 Å². The summed E-state index contributed by atoms with van der Waals surface area (Å²) in [4.78, 5) is 13.3. The fraction of sp³-hybridized carbons (Fsp3) is 0.190. The van der Waals surface area contributed by atoms with Gasteiger partial charge in [0.2, 0.25) is 0 Å². The molecule has 1 fully saturated rings. The Morgan fingerprint density at radius 1 is 0.931 bits per heavy atom. The number of benzene rings is 2. The SMILES string of the molecule is O=C(Nc1ccc(Cl)cc1)c1ccc(-c2ccc(S(=O)(=O)N3CCCC3)s2)cc1. The Bertz CT molecular complexity index is 1120. The van der Waals surface area contributed by atoms with Gasteiger partial charge in [-0.25, -0.2) is 8.42 Å². The Morgan fingerprint density at radius 2 is 1.59 bits per heavy atom. The van der Waals surface area contributed by atoms with Crippen molar-refractivity contribution in [3.8, 4) is 10.4 Å². The van der Waals surface area contributed by atoms with Gasteiger partial charge in [-0.3, -0.25) is 4.79 Å². The van der Waals surface area contributed by atoms with E-state index < -0.39 is 10.0 Å². The Hall–Kier alpha value is -2.19. The van der Waals surface area contributed by atoms with E-state index in [2.05, 4.69) is 5.32 Å². The molecular weight excluding hydrogens is 428 g/mol. The molecule has 1 aliphatic rings. The van der Waals surface area contributed by atoms with Crippen LogP contribution in [0, 0.1) is 0 Å². The second-order valence-corrected chi connectivity index (χ2v) is 10.5. The van der Waals surface area contributed by atoms with Gasteiger partial charge < -0.3 is 5.32 Å². The molecule has 8 heteroatoms. The molecule has 0 bridgehead atoms. The highest BCUT2D eigenvalue weighted by molar-refractivity contribution is 7.91. The summed E-state index contributed by atoms with van der Waals surface area (Å²) in [5.74, 6) is -0.220. The molecule has 0 saturated carbocycles. The quantitative estimate of drug-likeness (QED) is 0.592. The number of nitrogens with one attached hydrogen (secondary N) is 1. The molecule has 1 aliphatic heterocycles. The van der Waals surface area contributed by atoms with E-state index in [4.69, 9.17) is 11.6 Å². The monoisotopic (exact) mass is 446 g/mol. The molecule has 0 radical (unpaired) electrons. The van der Waals surface area contributed by atoms with Crippen LogP contribution in [0.3, 0.4) is 0 Å². The molecule has 4 rings (SSSR count). The highest BCUT2D eigenvalue weighted by atomic mass is 35.5. The van der Waals surface area contributed by atoms with Crippen LogP contribution in [0.2, 0.25) is 5.02 Å². The van der Waals surface area contributed by atoms with Gasteiger partial charge in [0.25, 0.3) is 15.9 Å². The van der Waals surface area contributed by atoms with Crippen molar-refractivity contribution < 1.29 is 13.2 Å². The van der Waals surface area contributed by atoms with Gasteiger partial charge in [-0.2, -0.15) is 4.31 Å². The number of carbonyl (C=O) groups is 1. The zero-order chi connectivity index (χ0) is 20.4. The standard InChI is InChI=1S/C21H19ClN2O3S2/c22-17-7-9-18(10-8-17)23-21(25)16-5-3-15(4-6-16)19-11-12-20(28-19)29(26,27)24-13-1-2-14-24/h3-12H,1-2,13-14H2,(H,23,25). The second kappa shape index (κ2) is 8.28. The van der Waals surface area contributed by atoms with Crippen LogP contribution in [-0.4, -0.2) is 31.7 Å². The fourth-order valence-corrected chi connectivity index (χ4v) is 6.30. The van der Waals surface area contributed by atoms with Crippen molar-refractivity contribution >= 4 is 44.6 Å². The zero-order valence-corrected chi connectivity index (χ0v) is 17.9. The summed E-state index contributed by atoms with van der Waals surface area (Å²) in [7, 11) is -3.41. The number of thiophene rings is 1. The van der Waals surface area contributed by atoms with Gasteiger partial charge >= 0.3 is 0 Å². The molecule has 1 N–H and O–H groups in total. The minimum Gasteiger partial charge on any atom is -0.322 e. The molecule has 0 unspecified atom stereocenters. The van der Waals surface area contributed by atoms with Crippen LogP contribution < -0.4 is 5.32 Å². The van der Waals surface area contributed by atoms with E-state index >= 15 is 0 Å². The number of rotatable bonds is 5. The normalized spacial score (nSPS) is 14.8. The van der Waals surface area contributed by atoms with E-state index in [0.29, 0.717) is 33.6 Å². The lowest BCUT2D eigenvalue weighted by molar-refractivity contribution is 0.102. The first-order valence-electron chi connectivity index (χ1n) is 9.21. The van der Waals surface area contributed by atoms with Crippen molar-refractivity contribution in [2.45, 2.75) is 17.1 Å². The van der Waals surface area contributed by atoms with Gasteiger partial charge in [-0.15, -0.1) is 11.3 Å². The first kappa shape index (κ1) is 20.1. The first-order valence-corrected chi connectivity index (χ1v) is 11.8. The lowest BCUT2D eigenvalue weighted by Crippen LogP contribution is -2.27. The molecule has 1 amide bonds. The van der Waals surface area contributed by atoms with Gasteiger partial charge in [0, 0.05) is 34.2 Å². The molecule has 29 heavy (non-hydrogen) atoms. The van der Waals surface area contributed by atoms with Crippen LogP contribution in [0.25, 0.3) is 10.4 Å². The molecule has 2 heterocycles. The molecule has 3 aromatic rings. The zero-order valence-electron chi connectivity index (χ0n) is 15.5. The van der Waals surface area contributed by atoms with E-state index in [-0.39, 0.29) is 5.91 Å². The van der Waals surface area contributed by atoms with Crippen molar-refractivity contribution in [3.63, 3.8) is 0 Å². The van der Waals surface area contributed by atoms with E-state index in [0.717, 1.165) is 23.3 Å². The summed E-state index contributed by atoms with van der Waals surface area (Å²) in [6, 6.07) is 17.5. The van der Waals surface area contributed by atoms with Crippen LogP contribution in [0.5, 0.6) is 0 Å². The van der Waals surface area contributed by atoms with E-state index in [9.17, 15) is 13.2 Å².